The van der Waals surface area contributed by atoms with E-state index in [-0.39, 0.29) is 34.8 Å². The summed E-state index contributed by atoms with van der Waals surface area (Å²) in [5.74, 6) is -0.0621. The van der Waals surface area contributed by atoms with Crippen molar-refractivity contribution in [2.45, 2.75) is 74.0 Å². The number of benzene rings is 2. The molecule has 4 atom stereocenters. The molecule has 1 saturated carbocycles. The average Bonchev–Trinajstić information content (AvgIpc) is 3.15. The molecule has 1 spiro atoms. The lowest BCUT2D eigenvalue weighted by atomic mass is 9.68. The molecule has 13 heteroatoms. The Balaban J connectivity index is 1.27. The molecule has 11 nitrogen and oxygen atoms in total. The number of sulfonamides is 1. The molecule has 3 heterocycles. The topological polar surface area (TPSA) is 132 Å². The number of hydrogen-bond donors (Lipinski definition) is 2. The van der Waals surface area contributed by atoms with Gasteiger partial charge in [0.05, 0.1) is 43.1 Å². The Hall–Kier alpha value is -3.32. The molecule has 2 aromatic rings. The quantitative estimate of drug-likeness (QED) is 0.435. The summed E-state index contributed by atoms with van der Waals surface area (Å²) in [7, 11) is -4.24. The Morgan fingerprint density at radius 3 is 2.73 bits per heavy atom. The van der Waals surface area contributed by atoms with Crippen LogP contribution < -0.4 is 19.7 Å². The molecule has 2 aliphatic carbocycles. The van der Waals surface area contributed by atoms with Gasteiger partial charge in [0.2, 0.25) is 0 Å². The van der Waals surface area contributed by atoms with Gasteiger partial charge in [-0.3, -0.25) is 4.79 Å². The van der Waals surface area contributed by atoms with Crippen LogP contribution in [0.5, 0.6) is 5.75 Å². The molecular weight excluding hydrogens is 658 g/mol. The Bertz CT molecular complexity index is 1730. The minimum atomic E-state index is -4.24. The highest BCUT2D eigenvalue weighted by molar-refractivity contribution is 7.90. The lowest BCUT2D eigenvalue weighted by molar-refractivity contribution is -0.139. The van der Waals surface area contributed by atoms with Gasteiger partial charge < -0.3 is 29.2 Å². The summed E-state index contributed by atoms with van der Waals surface area (Å²) < 4.78 is 53.0. The summed E-state index contributed by atoms with van der Waals surface area (Å²) in [5.41, 5.74) is 1.23. The Morgan fingerprint density at radius 1 is 1.15 bits per heavy atom. The van der Waals surface area contributed by atoms with Crippen LogP contribution in [-0.2, 0) is 40.9 Å². The monoisotopic (exact) mass is 699 g/mol. The molecule has 5 aliphatic rings. The average molecular weight is 700 g/mol. The number of halogens is 1. The normalized spacial score (nSPS) is 29.5. The van der Waals surface area contributed by atoms with Crippen molar-refractivity contribution in [1.29, 1.82) is 0 Å². The van der Waals surface area contributed by atoms with Crippen LogP contribution in [0.15, 0.2) is 53.4 Å². The second-order valence-electron chi connectivity index (χ2n) is 14.2. The summed E-state index contributed by atoms with van der Waals surface area (Å²) in [6.45, 7) is 5.57. The second-order valence-corrected chi connectivity index (χ2v) is 16.3. The molecule has 258 valence electrons. The van der Waals surface area contributed by atoms with Crippen molar-refractivity contribution in [3.05, 3.63) is 64.7 Å². The number of rotatable bonds is 2. The molecule has 3 aliphatic heterocycles. The maximum absolute atomic E-state index is 13.6. The predicted molar refractivity (Wildman–Crippen MR) is 179 cm³/mol. The zero-order valence-corrected chi connectivity index (χ0v) is 28.8. The first-order chi connectivity index (χ1) is 22.9. The first-order valence-electron chi connectivity index (χ1n) is 16.7. The van der Waals surface area contributed by atoms with Gasteiger partial charge in [-0.05, 0) is 99.4 Å². The van der Waals surface area contributed by atoms with Gasteiger partial charge in [0.15, 0.2) is 0 Å². The van der Waals surface area contributed by atoms with Crippen LogP contribution in [-0.4, -0.2) is 77.7 Å². The summed E-state index contributed by atoms with van der Waals surface area (Å²) in [6.07, 6.45) is 7.09. The lowest BCUT2D eigenvalue weighted by Crippen LogP contribution is -2.52. The van der Waals surface area contributed by atoms with Gasteiger partial charge in [0.25, 0.3) is 15.9 Å². The Morgan fingerprint density at radius 2 is 1.98 bits per heavy atom. The van der Waals surface area contributed by atoms with Gasteiger partial charge in [-0.15, -0.1) is 0 Å². The van der Waals surface area contributed by atoms with Crippen molar-refractivity contribution in [3.8, 4) is 5.75 Å². The fourth-order valence-electron chi connectivity index (χ4n) is 7.53. The van der Waals surface area contributed by atoms with Crippen molar-refractivity contribution in [3.63, 3.8) is 0 Å². The summed E-state index contributed by atoms with van der Waals surface area (Å²) in [6, 6.07) is 10.8. The van der Waals surface area contributed by atoms with Gasteiger partial charge in [-0.1, -0.05) is 23.7 Å². The van der Waals surface area contributed by atoms with Crippen molar-refractivity contribution in [2.24, 2.45) is 11.8 Å². The van der Waals surface area contributed by atoms with Crippen molar-refractivity contribution in [2.75, 3.05) is 44.4 Å². The molecule has 0 radical (unpaired) electrons. The molecule has 48 heavy (non-hydrogen) atoms. The zero-order valence-electron chi connectivity index (χ0n) is 27.2. The number of carbonyl (C=O) groups excluding carboxylic acids is 2. The number of fused-ring (bicyclic) bond motifs is 4. The standard InChI is InChI=1S/C35H42ClN3O8S/c1-34(2)32(40)38-48(42,43)26-9-12-31-29(16-26)39(20-35(21-45-31)13-3-5-22-15-24(36)8-11-28(22)35)17-23-7-10-27(23)30(6-4-14-46-34)47-33(41)37-25-18-44-19-25/h4,6,8-9,11-12,15-16,23,25,27,30H,3,5,7,10,13-14,17-21H2,1-2H3,(H,37,41)(H,38,40)/t23-,27+,30-,35-/m0/s1. The number of alkyl carbamates (subject to hydrolysis) is 1. The molecule has 2 amide bonds. The first kappa shape index (κ1) is 33.2. The van der Waals surface area contributed by atoms with E-state index in [0.717, 1.165) is 32.1 Å². The van der Waals surface area contributed by atoms with Crippen LogP contribution in [0.1, 0.15) is 50.7 Å². The predicted octanol–water partition coefficient (Wildman–Crippen LogP) is 4.50. The van der Waals surface area contributed by atoms with Crippen molar-refractivity contribution in [1.82, 2.24) is 10.0 Å². The maximum atomic E-state index is 13.6. The van der Waals surface area contributed by atoms with E-state index in [0.29, 0.717) is 49.4 Å². The fourth-order valence-corrected chi connectivity index (χ4v) is 8.84. The number of nitrogens with one attached hydrogen (secondary N) is 2. The minimum Gasteiger partial charge on any atom is -0.490 e. The van der Waals surface area contributed by atoms with E-state index in [1.807, 2.05) is 18.2 Å². The Kier molecular flexibility index (Phi) is 8.89. The minimum absolute atomic E-state index is 0.0155. The third-order valence-electron chi connectivity index (χ3n) is 10.5. The van der Waals surface area contributed by atoms with E-state index in [9.17, 15) is 18.0 Å². The largest absolute Gasteiger partial charge is 0.490 e. The number of ether oxygens (including phenoxy) is 4. The number of carbonyl (C=O) groups is 2. The van der Waals surface area contributed by atoms with Crippen LogP contribution in [0.3, 0.4) is 0 Å². The van der Waals surface area contributed by atoms with Gasteiger partial charge in [0, 0.05) is 29.4 Å². The molecule has 1 saturated heterocycles. The zero-order chi connectivity index (χ0) is 33.7. The van der Waals surface area contributed by atoms with Crippen LogP contribution in [0.2, 0.25) is 5.02 Å². The molecule has 2 N–H and O–H groups in total. The smallest absolute Gasteiger partial charge is 0.408 e. The highest BCUT2D eigenvalue weighted by Gasteiger charge is 2.45. The summed E-state index contributed by atoms with van der Waals surface area (Å²) in [4.78, 5) is 28.4. The molecule has 0 aromatic heterocycles. The van der Waals surface area contributed by atoms with Gasteiger partial charge in [0.1, 0.15) is 17.5 Å². The van der Waals surface area contributed by atoms with E-state index in [1.165, 1.54) is 31.0 Å². The summed E-state index contributed by atoms with van der Waals surface area (Å²) in [5, 5.41) is 3.57. The van der Waals surface area contributed by atoms with Crippen LogP contribution >= 0.6 is 11.6 Å². The molecule has 7 rings (SSSR count). The molecular formula is C35H42ClN3O8S. The number of nitrogens with zero attached hydrogens (tertiary/aromatic N) is 1. The van der Waals surface area contributed by atoms with Gasteiger partial charge >= 0.3 is 6.09 Å². The van der Waals surface area contributed by atoms with Crippen LogP contribution in [0.25, 0.3) is 0 Å². The molecule has 2 aromatic carbocycles. The van der Waals surface area contributed by atoms with Gasteiger partial charge in [-0.2, -0.15) is 0 Å². The number of aryl methyl sites for hydroxylation is 1. The van der Waals surface area contributed by atoms with Crippen molar-refractivity contribution >= 4 is 39.3 Å². The highest BCUT2D eigenvalue weighted by atomic mass is 35.5. The van der Waals surface area contributed by atoms with E-state index < -0.39 is 33.7 Å². The van der Waals surface area contributed by atoms with E-state index in [1.54, 1.807) is 18.2 Å². The second kappa shape index (κ2) is 12.9. The van der Waals surface area contributed by atoms with E-state index in [4.69, 9.17) is 30.5 Å². The highest BCUT2D eigenvalue weighted by Crippen LogP contribution is 2.47. The Labute approximate surface area is 286 Å². The summed E-state index contributed by atoms with van der Waals surface area (Å²) >= 11 is 6.42. The molecule has 0 unspecified atom stereocenters. The van der Waals surface area contributed by atoms with Crippen molar-refractivity contribution < 1.29 is 37.0 Å². The number of anilines is 1. The van der Waals surface area contributed by atoms with Crippen LogP contribution in [0.4, 0.5) is 10.5 Å². The third-order valence-corrected chi connectivity index (χ3v) is 12.1. The van der Waals surface area contributed by atoms with Crippen LogP contribution in [0, 0.1) is 11.8 Å². The lowest BCUT2D eigenvalue weighted by Gasteiger charge is -2.46. The first-order valence-corrected chi connectivity index (χ1v) is 18.5. The SMILES string of the molecule is CC1(C)OCC=C[C@H](OC(=O)NC2COC2)[C@@H]2CC[C@H]2CN2C[C@@]3(CCCc4cc(Cl)ccc43)COc3ccc(cc32)S(=O)(=O)NC1=O. The van der Waals surface area contributed by atoms with E-state index >= 15 is 0 Å². The number of amides is 2. The number of hydrogen-bond acceptors (Lipinski definition) is 9. The maximum Gasteiger partial charge on any atom is 0.408 e. The van der Waals surface area contributed by atoms with Gasteiger partial charge in [-0.25, -0.2) is 17.9 Å². The molecule has 2 fully saturated rings. The fraction of sp³-hybridized carbons (Fsp3) is 0.543. The van der Waals surface area contributed by atoms with E-state index in [2.05, 4.69) is 21.0 Å². The third kappa shape index (κ3) is 6.51. The molecule has 2 bridgehead atoms.